The molecular weight excluding hydrogens is 340 g/mol. The van der Waals surface area contributed by atoms with E-state index in [1.54, 1.807) is 7.11 Å². The largest absolute Gasteiger partial charge is 0.493 e. The minimum atomic E-state index is -0.0454. The summed E-state index contributed by atoms with van der Waals surface area (Å²) in [5, 5.41) is 0.888. The first-order valence-corrected chi connectivity index (χ1v) is 9.37. The predicted molar refractivity (Wildman–Crippen MR) is 105 cm³/mol. The average Bonchev–Trinajstić information content (AvgIpc) is 3.17. The van der Waals surface area contributed by atoms with E-state index in [2.05, 4.69) is 29.2 Å². The Morgan fingerprint density at radius 1 is 1.04 bits per heavy atom. The predicted octanol–water partition coefficient (Wildman–Crippen LogP) is 3.44. The van der Waals surface area contributed by atoms with Gasteiger partial charge in [-0.3, -0.25) is 9.69 Å². The molecule has 0 N–H and O–H groups in total. The van der Waals surface area contributed by atoms with Gasteiger partial charge in [-0.05, 0) is 24.1 Å². The number of piperazine rings is 1. The Kier molecular flexibility index (Phi) is 5.12. The van der Waals surface area contributed by atoms with Gasteiger partial charge in [-0.1, -0.05) is 42.5 Å². The number of ether oxygens (including phenoxy) is 1. The van der Waals surface area contributed by atoms with Crippen LogP contribution in [0, 0.1) is 0 Å². The smallest absolute Gasteiger partial charge is 0.289 e. The van der Waals surface area contributed by atoms with Crippen molar-refractivity contribution >= 4 is 16.9 Å². The van der Waals surface area contributed by atoms with Gasteiger partial charge < -0.3 is 14.1 Å². The second-order valence-corrected chi connectivity index (χ2v) is 6.86. The summed E-state index contributed by atoms with van der Waals surface area (Å²) in [4.78, 5) is 17.1. The first-order valence-electron chi connectivity index (χ1n) is 9.37. The number of carbonyl (C=O) groups is 1. The van der Waals surface area contributed by atoms with Crippen molar-refractivity contribution in [2.45, 2.75) is 6.42 Å². The maximum atomic E-state index is 12.8. The van der Waals surface area contributed by atoms with E-state index in [-0.39, 0.29) is 5.91 Å². The highest BCUT2D eigenvalue weighted by atomic mass is 16.5. The highest BCUT2D eigenvalue weighted by Crippen LogP contribution is 2.29. The summed E-state index contributed by atoms with van der Waals surface area (Å²) >= 11 is 0. The van der Waals surface area contributed by atoms with Crippen LogP contribution in [0.25, 0.3) is 11.0 Å². The molecule has 140 valence electrons. The van der Waals surface area contributed by atoms with Gasteiger partial charge in [0.2, 0.25) is 0 Å². The number of nitrogens with zero attached hydrogens (tertiary/aromatic N) is 2. The summed E-state index contributed by atoms with van der Waals surface area (Å²) < 4.78 is 11.1. The Morgan fingerprint density at radius 3 is 2.56 bits per heavy atom. The van der Waals surface area contributed by atoms with Gasteiger partial charge in [-0.25, -0.2) is 0 Å². The summed E-state index contributed by atoms with van der Waals surface area (Å²) in [6.07, 6.45) is 1.04. The van der Waals surface area contributed by atoms with Crippen molar-refractivity contribution in [1.82, 2.24) is 9.80 Å². The van der Waals surface area contributed by atoms with Crippen molar-refractivity contribution in [1.29, 1.82) is 0 Å². The number of amides is 1. The molecule has 0 bridgehead atoms. The van der Waals surface area contributed by atoms with Crippen LogP contribution in [0.15, 0.2) is 59.0 Å². The van der Waals surface area contributed by atoms with Crippen molar-refractivity contribution < 1.29 is 13.9 Å². The van der Waals surface area contributed by atoms with Gasteiger partial charge in [-0.15, -0.1) is 0 Å². The second kappa shape index (κ2) is 7.84. The third-order valence-electron chi connectivity index (χ3n) is 5.16. The number of hydrogen-bond acceptors (Lipinski definition) is 4. The third kappa shape index (κ3) is 3.83. The summed E-state index contributed by atoms with van der Waals surface area (Å²) in [5.41, 5.74) is 1.98. The van der Waals surface area contributed by atoms with E-state index in [4.69, 9.17) is 9.15 Å². The molecule has 0 radical (unpaired) electrons. The molecule has 0 aliphatic carbocycles. The van der Waals surface area contributed by atoms with Gasteiger partial charge in [0.25, 0.3) is 5.91 Å². The Morgan fingerprint density at radius 2 is 1.81 bits per heavy atom. The van der Waals surface area contributed by atoms with Crippen LogP contribution in [0.5, 0.6) is 5.75 Å². The molecule has 2 aromatic carbocycles. The number of para-hydroxylation sites is 1. The molecule has 1 saturated heterocycles. The molecular formula is C22H24N2O3. The molecule has 0 atom stereocenters. The molecule has 1 aliphatic heterocycles. The van der Waals surface area contributed by atoms with Gasteiger partial charge in [0, 0.05) is 38.1 Å². The Balaban J connectivity index is 1.36. The summed E-state index contributed by atoms with van der Waals surface area (Å²) in [6.45, 7) is 4.25. The zero-order valence-corrected chi connectivity index (χ0v) is 15.6. The quantitative estimate of drug-likeness (QED) is 0.696. The van der Waals surface area contributed by atoms with Crippen molar-refractivity contribution in [2.24, 2.45) is 0 Å². The SMILES string of the molecule is COc1cccc2cc(C(=O)N3CCN(CCc4ccccc4)CC3)oc12. The van der Waals surface area contributed by atoms with E-state index in [1.165, 1.54) is 5.56 Å². The topological polar surface area (TPSA) is 45.9 Å². The van der Waals surface area contributed by atoms with Gasteiger partial charge in [0.05, 0.1) is 7.11 Å². The van der Waals surface area contributed by atoms with Crippen LogP contribution in [-0.2, 0) is 6.42 Å². The van der Waals surface area contributed by atoms with Crippen LogP contribution in [0.4, 0.5) is 0 Å². The molecule has 1 aliphatic rings. The van der Waals surface area contributed by atoms with Gasteiger partial charge >= 0.3 is 0 Å². The molecule has 0 spiro atoms. The van der Waals surface area contributed by atoms with Crippen LogP contribution in [0.1, 0.15) is 16.1 Å². The Bertz CT molecular complexity index is 912. The van der Waals surface area contributed by atoms with Crippen LogP contribution >= 0.6 is 0 Å². The van der Waals surface area contributed by atoms with E-state index >= 15 is 0 Å². The van der Waals surface area contributed by atoms with Gasteiger partial charge in [-0.2, -0.15) is 0 Å². The Labute approximate surface area is 159 Å². The molecule has 1 fully saturated rings. The molecule has 1 amide bonds. The fourth-order valence-corrected chi connectivity index (χ4v) is 3.56. The van der Waals surface area contributed by atoms with E-state index < -0.39 is 0 Å². The maximum absolute atomic E-state index is 12.8. The lowest BCUT2D eigenvalue weighted by Gasteiger charge is -2.34. The number of carbonyl (C=O) groups excluding carboxylic acids is 1. The van der Waals surface area contributed by atoms with E-state index in [1.807, 2.05) is 35.2 Å². The third-order valence-corrected chi connectivity index (χ3v) is 5.16. The number of methoxy groups -OCH3 is 1. The minimum absolute atomic E-state index is 0.0454. The van der Waals surface area contributed by atoms with Crippen LogP contribution < -0.4 is 4.74 Å². The number of hydrogen-bond donors (Lipinski definition) is 0. The maximum Gasteiger partial charge on any atom is 0.289 e. The summed E-state index contributed by atoms with van der Waals surface area (Å²) in [7, 11) is 1.60. The lowest BCUT2D eigenvalue weighted by Crippen LogP contribution is -2.49. The molecule has 4 rings (SSSR count). The number of benzene rings is 2. The van der Waals surface area contributed by atoms with Crippen LogP contribution in [0.2, 0.25) is 0 Å². The fourth-order valence-electron chi connectivity index (χ4n) is 3.56. The fraction of sp³-hybridized carbons (Fsp3) is 0.318. The second-order valence-electron chi connectivity index (χ2n) is 6.86. The van der Waals surface area contributed by atoms with Crippen molar-refractivity contribution in [3.63, 3.8) is 0 Å². The standard InChI is InChI=1S/C22H24N2O3/c1-26-19-9-5-8-18-16-20(27-21(18)19)22(25)24-14-12-23(13-15-24)11-10-17-6-3-2-4-7-17/h2-9,16H,10-15H2,1H3. The molecule has 0 unspecified atom stereocenters. The van der Waals surface area contributed by atoms with E-state index in [0.717, 1.165) is 44.5 Å². The molecule has 5 heteroatoms. The Hall–Kier alpha value is -2.79. The summed E-state index contributed by atoms with van der Waals surface area (Å²) in [6, 6.07) is 18.0. The molecule has 3 aromatic rings. The first kappa shape index (κ1) is 17.6. The van der Waals surface area contributed by atoms with Crippen LogP contribution in [0.3, 0.4) is 0 Å². The van der Waals surface area contributed by atoms with Crippen molar-refractivity contribution in [2.75, 3.05) is 39.8 Å². The summed E-state index contributed by atoms with van der Waals surface area (Å²) in [5.74, 6) is 0.987. The van der Waals surface area contributed by atoms with Crippen molar-refractivity contribution in [3.8, 4) is 5.75 Å². The zero-order valence-electron chi connectivity index (χ0n) is 15.6. The molecule has 27 heavy (non-hydrogen) atoms. The monoisotopic (exact) mass is 364 g/mol. The average molecular weight is 364 g/mol. The minimum Gasteiger partial charge on any atom is -0.493 e. The van der Waals surface area contributed by atoms with E-state index in [9.17, 15) is 4.79 Å². The first-order chi connectivity index (χ1) is 13.2. The molecule has 2 heterocycles. The lowest BCUT2D eigenvalue weighted by atomic mass is 10.1. The molecule has 0 saturated carbocycles. The molecule has 1 aromatic heterocycles. The zero-order chi connectivity index (χ0) is 18.6. The lowest BCUT2D eigenvalue weighted by molar-refractivity contribution is 0.0610. The highest BCUT2D eigenvalue weighted by Gasteiger charge is 2.25. The highest BCUT2D eigenvalue weighted by molar-refractivity contribution is 5.97. The number of rotatable bonds is 5. The normalized spacial score (nSPS) is 15.2. The van der Waals surface area contributed by atoms with Gasteiger partial charge in [0.1, 0.15) is 0 Å². The number of furan rings is 1. The van der Waals surface area contributed by atoms with Crippen molar-refractivity contribution in [3.05, 3.63) is 65.9 Å². The van der Waals surface area contributed by atoms with Gasteiger partial charge in [0.15, 0.2) is 17.1 Å². The van der Waals surface area contributed by atoms with E-state index in [0.29, 0.717) is 17.1 Å². The van der Waals surface area contributed by atoms with Crippen LogP contribution in [-0.4, -0.2) is 55.5 Å². The molecule has 5 nitrogen and oxygen atoms in total. The number of fused-ring (bicyclic) bond motifs is 1.